The summed E-state index contributed by atoms with van der Waals surface area (Å²) in [5.74, 6) is 0.210. The average molecular weight is 381 g/mol. The van der Waals surface area contributed by atoms with E-state index >= 15 is 0 Å². The number of halogens is 3. The van der Waals surface area contributed by atoms with Gasteiger partial charge in [0.2, 0.25) is 0 Å². The molecule has 2 unspecified atom stereocenters. The number of rotatable bonds is 3. The molecule has 10 heteroatoms. The van der Waals surface area contributed by atoms with Crippen LogP contribution in [0.2, 0.25) is 0 Å². The first kappa shape index (κ1) is 18.8. The van der Waals surface area contributed by atoms with Gasteiger partial charge in [-0.25, -0.2) is 4.98 Å². The van der Waals surface area contributed by atoms with E-state index in [-0.39, 0.29) is 19.0 Å². The van der Waals surface area contributed by atoms with Crippen molar-refractivity contribution in [2.24, 2.45) is 5.92 Å². The molecule has 0 spiro atoms. The zero-order valence-electron chi connectivity index (χ0n) is 13.6. The van der Waals surface area contributed by atoms with Crippen molar-refractivity contribution >= 4 is 16.5 Å². The Morgan fingerprint density at radius 1 is 1.16 bits per heavy atom. The molecule has 3 N–H and O–H groups in total. The maximum Gasteiger partial charge on any atom is 0.434 e. The van der Waals surface area contributed by atoms with Crippen molar-refractivity contribution in [1.29, 1.82) is 0 Å². The second-order valence-corrected chi connectivity index (χ2v) is 7.65. The molecule has 0 radical (unpaired) electrons. The predicted molar refractivity (Wildman–Crippen MR) is 86.5 cm³/mol. The Balaban J connectivity index is 1.59. The van der Waals surface area contributed by atoms with E-state index in [4.69, 9.17) is 0 Å². The smallest absolute Gasteiger partial charge is 0.389 e. The number of aliphatic hydroxyl groups is 3. The van der Waals surface area contributed by atoms with E-state index in [9.17, 15) is 28.5 Å². The minimum atomic E-state index is -4.43. The average Bonchev–Trinajstić information content (AvgIpc) is 3.03. The van der Waals surface area contributed by atoms with Crippen molar-refractivity contribution in [2.45, 2.75) is 37.3 Å². The maximum atomic E-state index is 12.7. The van der Waals surface area contributed by atoms with Crippen molar-refractivity contribution in [3.8, 4) is 0 Å². The number of aliphatic hydroxyl groups excluding tert-OH is 3. The third-order valence-corrected chi connectivity index (χ3v) is 5.67. The lowest BCUT2D eigenvalue weighted by molar-refractivity contribution is -0.140. The maximum absolute atomic E-state index is 12.7. The second-order valence-electron chi connectivity index (χ2n) is 6.81. The normalized spacial score (nSPS) is 32.2. The van der Waals surface area contributed by atoms with Gasteiger partial charge in [0.05, 0.1) is 12.2 Å². The van der Waals surface area contributed by atoms with Gasteiger partial charge >= 0.3 is 6.18 Å². The molecule has 2 saturated heterocycles. The summed E-state index contributed by atoms with van der Waals surface area (Å²) in [7, 11) is 0. The number of likely N-dealkylation sites (tertiary alicyclic amines) is 1. The van der Waals surface area contributed by atoms with Crippen LogP contribution in [-0.2, 0) is 6.18 Å². The van der Waals surface area contributed by atoms with Crippen molar-refractivity contribution < 1.29 is 28.5 Å². The van der Waals surface area contributed by atoms with Crippen molar-refractivity contribution in [1.82, 2.24) is 9.88 Å². The van der Waals surface area contributed by atoms with Gasteiger partial charge in [0.1, 0.15) is 6.10 Å². The topological polar surface area (TPSA) is 80.1 Å². The van der Waals surface area contributed by atoms with Gasteiger partial charge in [-0.1, -0.05) is 0 Å². The SMILES string of the molecule is OC1CN(C[C@H]2CCCN(c3nc(C(F)(F)F)cs3)C2)CC(O)C1O. The summed E-state index contributed by atoms with van der Waals surface area (Å²) in [4.78, 5) is 7.49. The van der Waals surface area contributed by atoms with E-state index in [1.165, 1.54) is 0 Å². The fraction of sp³-hybridized carbons (Fsp3) is 0.800. The number of alkyl halides is 3. The molecular weight excluding hydrogens is 359 g/mol. The van der Waals surface area contributed by atoms with Crippen LogP contribution in [0.5, 0.6) is 0 Å². The van der Waals surface area contributed by atoms with Crippen LogP contribution in [0.3, 0.4) is 0 Å². The number of thiazole rings is 1. The van der Waals surface area contributed by atoms with Crippen LogP contribution in [0.1, 0.15) is 18.5 Å². The van der Waals surface area contributed by atoms with E-state index in [2.05, 4.69) is 4.98 Å². The number of anilines is 1. The molecule has 25 heavy (non-hydrogen) atoms. The molecular formula is C15H22F3N3O3S. The molecule has 0 saturated carbocycles. The molecule has 3 atom stereocenters. The van der Waals surface area contributed by atoms with Crippen LogP contribution in [0, 0.1) is 5.92 Å². The molecule has 3 rings (SSSR count). The Morgan fingerprint density at radius 3 is 2.44 bits per heavy atom. The first-order chi connectivity index (χ1) is 11.7. The van der Waals surface area contributed by atoms with Gasteiger partial charge in [0.15, 0.2) is 10.8 Å². The zero-order chi connectivity index (χ0) is 18.2. The van der Waals surface area contributed by atoms with Crippen LogP contribution in [0.25, 0.3) is 0 Å². The van der Waals surface area contributed by atoms with Crippen molar-refractivity contribution in [3.63, 3.8) is 0 Å². The molecule has 0 amide bonds. The first-order valence-electron chi connectivity index (χ1n) is 8.28. The molecule has 2 aliphatic rings. The highest BCUT2D eigenvalue weighted by atomic mass is 32.1. The third-order valence-electron chi connectivity index (χ3n) is 4.77. The Hall–Kier alpha value is -0.940. The number of nitrogens with zero attached hydrogens (tertiary/aromatic N) is 3. The number of piperidine rings is 2. The van der Waals surface area contributed by atoms with E-state index in [1.807, 2.05) is 9.80 Å². The summed E-state index contributed by atoms with van der Waals surface area (Å²) >= 11 is 1.00. The molecule has 1 aromatic heterocycles. The summed E-state index contributed by atoms with van der Waals surface area (Å²) in [5.41, 5.74) is -0.856. The first-order valence-corrected chi connectivity index (χ1v) is 9.16. The molecule has 6 nitrogen and oxygen atoms in total. The van der Waals surface area contributed by atoms with Gasteiger partial charge in [-0.3, -0.25) is 4.90 Å². The van der Waals surface area contributed by atoms with Crippen molar-refractivity contribution in [3.05, 3.63) is 11.1 Å². The third kappa shape index (κ3) is 4.43. The fourth-order valence-electron chi connectivity index (χ4n) is 3.52. The predicted octanol–water partition coefficient (Wildman–Crippen LogP) is 0.777. The van der Waals surface area contributed by atoms with E-state index in [0.717, 1.165) is 29.6 Å². The standard InChI is InChI=1S/C15H22F3N3O3S/c16-15(17,18)12-8-25-14(19-12)21-3-1-2-9(5-21)4-20-6-10(22)13(24)11(23)7-20/h8-11,13,22-24H,1-7H2/t9-,10?,11?,13?/m1/s1. The molecule has 0 bridgehead atoms. The minimum absolute atomic E-state index is 0.210. The van der Waals surface area contributed by atoms with Gasteiger partial charge < -0.3 is 20.2 Å². The monoisotopic (exact) mass is 381 g/mol. The largest absolute Gasteiger partial charge is 0.434 e. The highest BCUT2D eigenvalue weighted by Crippen LogP contribution is 2.34. The van der Waals surface area contributed by atoms with Crippen molar-refractivity contribution in [2.75, 3.05) is 37.6 Å². The Morgan fingerprint density at radius 2 is 1.84 bits per heavy atom. The van der Waals surface area contributed by atoms with Crippen LogP contribution >= 0.6 is 11.3 Å². The lowest BCUT2D eigenvalue weighted by Gasteiger charge is -2.40. The number of aromatic nitrogens is 1. The zero-order valence-corrected chi connectivity index (χ0v) is 14.4. The number of hydrogen-bond donors (Lipinski definition) is 3. The lowest BCUT2D eigenvalue weighted by Crippen LogP contribution is -2.56. The summed E-state index contributed by atoms with van der Waals surface area (Å²) in [6, 6.07) is 0. The van der Waals surface area contributed by atoms with E-state index in [1.54, 1.807) is 0 Å². The Labute approximate surface area is 147 Å². The van der Waals surface area contributed by atoms with Gasteiger partial charge in [-0.2, -0.15) is 13.2 Å². The van der Waals surface area contributed by atoms with E-state index < -0.39 is 30.2 Å². The fourth-order valence-corrected chi connectivity index (χ4v) is 4.39. The highest BCUT2D eigenvalue weighted by molar-refractivity contribution is 7.13. The molecule has 142 valence electrons. The number of β-amino-alcohol motifs (C(OH)–C–C–N with tert-alkyl or cyclic N) is 2. The summed E-state index contributed by atoms with van der Waals surface area (Å²) in [5, 5.41) is 30.6. The van der Waals surface area contributed by atoms with Crippen LogP contribution in [-0.4, -0.2) is 76.2 Å². The lowest BCUT2D eigenvalue weighted by atomic mass is 9.95. The van der Waals surface area contributed by atoms with Crippen LogP contribution in [0.15, 0.2) is 5.38 Å². The highest BCUT2D eigenvalue weighted by Gasteiger charge is 2.36. The molecule has 3 heterocycles. The summed E-state index contributed by atoms with van der Waals surface area (Å²) in [6.45, 7) is 2.45. The van der Waals surface area contributed by atoms with Crippen LogP contribution in [0.4, 0.5) is 18.3 Å². The molecule has 0 aromatic carbocycles. The Kier molecular flexibility index (Phi) is 5.54. The van der Waals surface area contributed by atoms with Gasteiger partial charge in [0.25, 0.3) is 0 Å². The second kappa shape index (κ2) is 7.36. The molecule has 1 aromatic rings. The summed E-state index contributed by atoms with van der Waals surface area (Å²) < 4.78 is 38.1. The molecule has 2 aliphatic heterocycles. The molecule has 0 aliphatic carbocycles. The van der Waals surface area contributed by atoms with Gasteiger partial charge in [0, 0.05) is 38.1 Å². The number of hydrogen-bond acceptors (Lipinski definition) is 7. The molecule has 2 fully saturated rings. The summed E-state index contributed by atoms with van der Waals surface area (Å²) in [6.07, 6.45) is -5.75. The quantitative estimate of drug-likeness (QED) is 0.718. The van der Waals surface area contributed by atoms with Crippen LogP contribution < -0.4 is 4.90 Å². The minimum Gasteiger partial charge on any atom is -0.389 e. The van der Waals surface area contributed by atoms with Gasteiger partial charge in [-0.15, -0.1) is 11.3 Å². The Bertz CT molecular complexity index is 574. The van der Waals surface area contributed by atoms with E-state index in [0.29, 0.717) is 24.8 Å². The van der Waals surface area contributed by atoms with Gasteiger partial charge in [-0.05, 0) is 18.8 Å².